The van der Waals surface area contributed by atoms with Crippen LogP contribution in [0.25, 0.3) is 11.0 Å². The van der Waals surface area contributed by atoms with Gasteiger partial charge in [-0.1, -0.05) is 11.3 Å². The van der Waals surface area contributed by atoms with E-state index in [1.54, 1.807) is 41.1 Å². The lowest BCUT2D eigenvalue weighted by molar-refractivity contribution is -0.123. The van der Waals surface area contributed by atoms with Gasteiger partial charge in [-0.2, -0.15) is 5.26 Å². The fourth-order valence-electron chi connectivity index (χ4n) is 2.53. The van der Waals surface area contributed by atoms with Gasteiger partial charge in [0.25, 0.3) is 5.91 Å². The van der Waals surface area contributed by atoms with E-state index in [0.717, 1.165) is 5.52 Å². The number of carbonyl (C=O) groups is 2. The van der Waals surface area contributed by atoms with Gasteiger partial charge in [-0.25, -0.2) is 9.48 Å². The molecule has 0 aliphatic heterocycles. The van der Waals surface area contributed by atoms with E-state index >= 15 is 0 Å². The van der Waals surface area contributed by atoms with Gasteiger partial charge in [0, 0.05) is 12.2 Å². The second-order valence-electron chi connectivity index (χ2n) is 5.84. The molecule has 0 fully saturated rings. The van der Waals surface area contributed by atoms with E-state index in [9.17, 15) is 9.59 Å². The zero-order chi connectivity index (χ0) is 19.4. The summed E-state index contributed by atoms with van der Waals surface area (Å²) in [6.07, 6.45) is -1.01. The van der Waals surface area contributed by atoms with Crippen molar-refractivity contribution in [2.75, 3.05) is 5.32 Å². The number of nitrogens with one attached hydrogen (secondary N) is 1. The molecule has 1 atom stereocenters. The molecule has 0 aliphatic carbocycles. The molecule has 0 spiro atoms. The molecule has 0 saturated heterocycles. The number of aryl methyl sites for hydroxylation is 1. The van der Waals surface area contributed by atoms with Crippen molar-refractivity contribution in [1.29, 1.82) is 5.26 Å². The number of carbonyl (C=O) groups excluding carboxylic acids is 2. The molecule has 0 bridgehead atoms. The number of aromatic nitrogens is 3. The molecule has 0 unspecified atom stereocenters. The van der Waals surface area contributed by atoms with Gasteiger partial charge in [-0.3, -0.25) is 4.79 Å². The predicted octanol–water partition coefficient (Wildman–Crippen LogP) is 2.51. The Bertz CT molecular complexity index is 1050. The van der Waals surface area contributed by atoms with Crippen molar-refractivity contribution in [3.63, 3.8) is 0 Å². The van der Waals surface area contributed by atoms with Crippen LogP contribution < -0.4 is 5.32 Å². The molecule has 8 heteroatoms. The maximum absolute atomic E-state index is 12.3. The Hall–Kier alpha value is -3.73. The molecule has 1 N–H and O–H groups in total. The van der Waals surface area contributed by atoms with Crippen molar-refractivity contribution in [3.05, 3.63) is 53.6 Å². The second kappa shape index (κ2) is 7.66. The van der Waals surface area contributed by atoms with Crippen LogP contribution in [-0.2, 0) is 16.1 Å². The first kappa shape index (κ1) is 18.1. The smallest absolute Gasteiger partial charge is 0.338 e. The average Bonchev–Trinajstić information content (AvgIpc) is 3.10. The first-order valence-corrected chi connectivity index (χ1v) is 8.37. The molecule has 0 aliphatic rings. The van der Waals surface area contributed by atoms with E-state index in [0.29, 0.717) is 23.3 Å². The number of hydrogen-bond donors (Lipinski definition) is 1. The van der Waals surface area contributed by atoms with Gasteiger partial charge >= 0.3 is 5.97 Å². The van der Waals surface area contributed by atoms with Crippen molar-refractivity contribution >= 4 is 28.6 Å². The number of nitrogens with zero attached hydrogens (tertiary/aromatic N) is 4. The third-order valence-electron chi connectivity index (χ3n) is 3.96. The third-order valence-corrected chi connectivity index (χ3v) is 3.96. The fraction of sp³-hybridized carbons (Fsp3) is 0.211. The lowest BCUT2D eigenvalue weighted by atomic mass is 10.2. The van der Waals surface area contributed by atoms with Crippen LogP contribution in [0.4, 0.5) is 5.69 Å². The Kier molecular flexibility index (Phi) is 5.13. The van der Waals surface area contributed by atoms with Crippen LogP contribution in [0, 0.1) is 11.3 Å². The zero-order valence-corrected chi connectivity index (χ0v) is 14.8. The van der Waals surface area contributed by atoms with Gasteiger partial charge in [0.05, 0.1) is 22.7 Å². The number of ether oxygens (including phenoxy) is 1. The molecule has 0 saturated carbocycles. The molecule has 8 nitrogen and oxygen atoms in total. The largest absolute Gasteiger partial charge is 0.449 e. The summed E-state index contributed by atoms with van der Waals surface area (Å²) >= 11 is 0. The minimum atomic E-state index is -1.01. The summed E-state index contributed by atoms with van der Waals surface area (Å²) in [7, 11) is 0. The van der Waals surface area contributed by atoms with Crippen molar-refractivity contribution in [2.45, 2.75) is 26.5 Å². The molecule has 3 aromatic rings. The molecule has 3 rings (SSSR count). The number of esters is 1. The molecule has 136 valence electrons. The highest BCUT2D eigenvalue weighted by Crippen LogP contribution is 2.15. The fourth-order valence-corrected chi connectivity index (χ4v) is 2.53. The van der Waals surface area contributed by atoms with Crippen LogP contribution in [-0.4, -0.2) is 33.0 Å². The molecule has 1 aromatic heterocycles. The summed E-state index contributed by atoms with van der Waals surface area (Å²) in [6.45, 7) is 4.10. The molecular formula is C19H17N5O3. The highest BCUT2D eigenvalue weighted by atomic mass is 16.5. The van der Waals surface area contributed by atoms with Crippen LogP contribution in [0.2, 0.25) is 0 Å². The maximum Gasteiger partial charge on any atom is 0.338 e. The van der Waals surface area contributed by atoms with E-state index in [-0.39, 0.29) is 5.56 Å². The monoisotopic (exact) mass is 363 g/mol. The van der Waals surface area contributed by atoms with Crippen LogP contribution in [0.15, 0.2) is 42.5 Å². The summed E-state index contributed by atoms with van der Waals surface area (Å²) in [6, 6.07) is 13.4. The average molecular weight is 363 g/mol. The third kappa shape index (κ3) is 3.93. The number of amides is 1. The van der Waals surface area contributed by atoms with Crippen molar-refractivity contribution in [1.82, 2.24) is 15.0 Å². The summed E-state index contributed by atoms with van der Waals surface area (Å²) in [4.78, 5) is 24.6. The van der Waals surface area contributed by atoms with Crippen molar-refractivity contribution in [3.8, 4) is 6.07 Å². The van der Waals surface area contributed by atoms with Crippen molar-refractivity contribution < 1.29 is 14.3 Å². The summed E-state index contributed by atoms with van der Waals surface area (Å²) < 4.78 is 6.96. The molecule has 1 amide bonds. The van der Waals surface area contributed by atoms with Gasteiger partial charge in [0.2, 0.25) is 0 Å². The summed E-state index contributed by atoms with van der Waals surface area (Å²) in [5, 5.41) is 19.5. The number of nitriles is 1. The van der Waals surface area contributed by atoms with Crippen LogP contribution >= 0.6 is 0 Å². The zero-order valence-electron chi connectivity index (χ0n) is 14.8. The molecule has 1 heterocycles. The van der Waals surface area contributed by atoms with E-state index in [2.05, 4.69) is 15.6 Å². The van der Waals surface area contributed by atoms with Gasteiger partial charge in [-0.05, 0) is 50.2 Å². The quantitative estimate of drug-likeness (QED) is 0.698. The van der Waals surface area contributed by atoms with Crippen molar-refractivity contribution in [2.24, 2.45) is 0 Å². The Morgan fingerprint density at radius 1 is 1.30 bits per heavy atom. The van der Waals surface area contributed by atoms with E-state index < -0.39 is 18.0 Å². The highest BCUT2D eigenvalue weighted by Gasteiger charge is 2.20. The highest BCUT2D eigenvalue weighted by molar-refractivity contribution is 5.98. The lowest BCUT2D eigenvalue weighted by Crippen LogP contribution is -2.30. The van der Waals surface area contributed by atoms with Gasteiger partial charge in [0.1, 0.15) is 5.52 Å². The lowest BCUT2D eigenvalue weighted by Gasteiger charge is -2.13. The molecule has 2 aromatic carbocycles. The maximum atomic E-state index is 12.3. The van der Waals surface area contributed by atoms with E-state index in [1.165, 1.54) is 13.0 Å². The first-order valence-electron chi connectivity index (χ1n) is 8.37. The van der Waals surface area contributed by atoms with Gasteiger partial charge in [0.15, 0.2) is 6.10 Å². The molecule has 0 radical (unpaired) electrons. The Morgan fingerprint density at radius 2 is 2.11 bits per heavy atom. The van der Waals surface area contributed by atoms with Crippen LogP contribution in [0.1, 0.15) is 29.8 Å². The van der Waals surface area contributed by atoms with Gasteiger partial charge in [-0.15, -0.1) is 5.10 Å². The summed E-state index contributed by atoms with van der Waals surface area (Å²) in [5.41, 5.74) is 2.57. The predicted molar refractivity (Wildman–Crippen MR) is 97.9 cm³/mol. The number of hydrogen-bond acceptors (Lipinski definition) is 6. The number of anilines is 1. The first-order chi connectivity index (χ1) is 13.0. The Morgan fingerprint density at radius 3 is 2.85 bits per heavy atom. The number of rotatable bonds is 5. The molecule has 27 heavy (non-hydrogen) atoms. The minimum absolute atomic E-state index is 0.289. The Labute approximate surface area is 155 Å². The van der Waals surface area contributed by atoms with Gasteiger partial charge < -0.3 is 10.1 Å². The minimum Gasteiger partial charge on any atom is -0.449 e. The second-order valence-corrected chi connectivity index (χ2v) is 5.84. The van der Waals surface area contributed by atoms with E-state index in [4.69, 9.17) is 10.00 Å². The number of fused-ring (bicyclic) bond motifs is 1. The normalized spacial score (nSPS) is 11.6. The van der Waals surface area contributed by atoms with Crippen LogP contribution in [0.5, 0.6) is 0 Å². The number of benzene rings is 2. The SMILES string of the molecule is CCn1nnc2cc(C(=O)O[C@H](C)C(=O)Nc3cccc(C#N)c3)ccc21. The Balaban J connectivity index is 1.67. The van der Waals surface area contributed by atoms with E-state index in [1.807, 2.05) is 13.0 Å². The summed E-state index contributed by atoms with van der Waals surface area (Å²) in [5.74, 6) is -1.12. The topological polar surface area (TPSA) is 110 Å². The van der Waals surface area contributed by atoms with Crippen LogP contribution in [0.3, 0.4) is 0 Å². The standard InChI is InChI=1S/C19H17N5O3/c1-3-24-17-8-7-14(10-16(17)22-23-24)19(26)27-12(2)18(25)21-15-6-4-5-13(9-15)11-20/h4-10,12H,3H2,1-2H3,(H,21,25)/t12-/m1/s1. The molecular weight excluding hydrogens is 346 g/mol.